The van der Waals surface area contributed by atoms with Crippen LogP contribution in [0.25, 0.3) is 0 Å². The molecule has 1 N–H and O–H groups in total. The maximum atomic E-state index is 12.9. The number of allylic oxidation sites excluding steroid dienone is 10. The molecule has 516 valence electrons. The topological polar surface area (TPSA) is 108 Å². The largest absolute Gasteiger partial charge is 0.472 e. The van der Waals surface area contributed by atoms with Gasteiger partial charge in [0.05, 0.1) is 27.7 Å². The summed E-state index contributed by atoms with van der Waals surface area (Å²) in [7, 11) is 1.49. The van der Waals surface area contributed by atoms with Crippen LogP contribution in [0.2, 0.25) is 0 Å². The quantitative estimate of drug-likeness (QED) is 0.0211. The predicted octanol–water partition coefficient (Wildman–Crippen LogP) is 24.9. The average Bonchev–Trinajstić information content (AvgIpc) is 3.57. The van der Waals surface area contributed by atoms with Crippen LogP contribution in [0.4, 0.5) is 0 Å². The molecule has 0 aliphatic rings. The van der Waals surface area contributed by atoms with Gasteiger partial charge in [-0.15, -0.1) is 0 Å². The highest BCUT2D eigenvalue weighted by Gasteiger charge is 2.27. The molecule has 88 heavy (non-hydrogen) atoms. The van der Waals surface area contributed by atoms with Gasteiger partial charge in [0, 0.05) is 12.8 Å². The summed E-state index contributed by atoms with van der Waals surface area (Å²) in [5.41, 5.74) is 0. The van der Waals surface area contributed by atoms with Crippen molar-refractivity contribution in [1.82, 2.24) is 0 Å². The maximum absolute atomic E-state index is 12.9. The fraction of sp³-hybridized carbons (Fsp3) is 0.846. The Kier molecular flexibility index (Phi) is 67.3. The molecule has 0 amide bonds. The normalized spacial score (nSPS) is 13.4. The fourth-order valence-electron chi connectivity index (χ4n) is 11.2. The third-order valence-electron chi connectivity index (χ3n) is 17.0. The van der Waals surface area contributed by atoms with Gasteiger partial charge < -0.3 is 18.9 Å². The van der Waals surface area contributed by atoms with Crippen LogP contribution in [0.1, 0.15) is 373 Å². The first kappa shape index (κ1) is 85.7. The van der Waals surface area contributed by atoms with E-state index in [0.717, 1.165) is 64.2 Å². The lowest BCUT2D eigenvalue weighted by Gasteiger charge is -2.24. The zero-order chi connectivity index (χ0) is 64.1. The second-order valence-electron chi connectivity index (χ2n) is 27.0. The van der Waals surface area contributed by atoms with E-state index in [1.54, 1.807) is 0 Å². The van der Waals surface area contributed by atoms with E-state index in [0.29, 0.717) is 23.9 Å². The molecule has 10 heteroatoms. The zero-order valence-corrected chi connectivity index (χ0v) is 59.9. The maximum Gasteiger partial charge on any atom is 0.472 e. The van der Waals surface area contributed by atoms with Crippen LogP contribution in [-0.4, -0.2) is 74.9 Å². The molecule has 0 aromatic heterocycles. The minimum atomic E-state index is -4.39. The zero-order valence-electron chi connectivity index (χ0n) is 59.0. The molecule has 0 rings (SSSR count). The molecule has 9 nitrogen and oxygen atoms in total. The average molecular weight is 1260 g/mol. The van der Waals surface area contributed by atoms with Crippen LogP contribution in [0.3, 0.4) is 0 Å². The standard InChI is InChI=1S/C78H146NO8P/c1-6-8-10-12-14-16-18-20-22-24-26-28-30-32-33-34-35-36-37-38-39-40-41-42-43-44-45-47-48-50-52-54-56-58-60-62-64-66-68-70-77(80)84-74-76(75-86-88(82,83)85-73-72-79(3,4)5)87-78(81)71-69-67-65-63-61-59-57-55-53-51-49-46-31-29-27-25-23-21-19-17-15-13-11-9-7-2/h9,11,15,17,21,23-24,26-27,29,76H,6-8,10,12-14,16,18-20,22,25,28,30-75H2,1-5H3/p+1/b11-9-,17-15-,23-21-,26-24-,29-27-. The first-order valence-corrected chi connectivity index (χ1v) is 39.5. The molecule has 0 aromatic carbocycles. The number of phosphoric ester groups is 1. The van der Waals surface area contributed by atoms with Crippen LogP contribution < -0.4 is 0 Å². The molecule has 0 aliphatic carbocycles. The van der Waals surface area contributed by atoms with Crippen LogP contribution in [0.5, 0.6) is 0 Å². The predicted molar refractivity (Wildman–Crippen MR) is 381 cm³/mol. The van der Waals surface area contributed by atoms with E-state index < -0.39 is 26.5 Å². The molecule has 0 saturated heterocycles. The van der Waals surface area contributed by atoms with Crippen molar-refractivity contribution in [2.45, 2.75) is 380 Å². The molecular formula is C78H147NO8P+. The van der Waals surface area contributed by atoms with E-state index in [-0.39, 0.29) is 25.6 Å². The van der Waals surface area contributed by atoms with Gasteiger partial charge in [-0.2, -0.15) is 0 Å². The molecule has 0 fully saturated rings. The second kappa shape index (κ2) is 69.1. The summed E-state index contributed by atoms with van der Waals surface area (Å²) in [5.74, 6) is -0.783. The number of carbonyl (C=O) groups is 2. The number of hydrogen-bond acceptors (Lipinski definition) is 7. The van der Waals surface area contributed by atoms with Crippen LogP contribution in [0, 0.1) is 0 Å². The Hall–Kier alpha value is -2.29. The summed E-state index contributed by atoms with van der Waals surface area (Å²) < 4.78 is 34.8. The molecule has 0 aromatic rings. The molecule has 0 radical (unpaired) electrons. The number of unbranched alkanes of at least 4 members (excludes halogenated alkanes) is 47. The van der Waals surface area contributed by atoms with E-state index in [9.17, 15) is 19.0 Å². The summed E-state index contributed by atoms with van der Waals surface area (Å²) in [4.78, 5) is 35.9. The minimum Gasteiger partial charge on any atom is -0.462 e. The smallest absolute Gasteiger partial charge is 0.462 e. The minimum absolute atomic E-state index is 0.0318. The first-order valence-electron chi connectivity index (χ1n) is 38.0. The number of carbonyl (C=O) groups excluding carboxylic acids is 2. The van der Waals surface area contributed by atoms with Gasteiger partial charge in [0.2, 0.25) is 0 Å². The Bertz CT molecular complexity index is 1670. The van der Waals surface area contributed by atoms with Crippen molar-refractivity contribution in [3.8, 4) is 0 Å². The number of rotatable bonds is 71. The SMILES string of the molecule is CC/C=C\C/C=C\C/C=C\C/C=C\CCCCCCCCCCCCCCC(=O)OC(COC(=O)CCCCCCCCCCCCCCCCCCCCCCCCCCCCC/C=C\CCCCCCCCCC)COP(=O)(O)OCC[N+](C)(C)C. The van der Waals surface area contributed by atoms with Crippen molar-refractivity contribution in [3.05, 3.63) is 60.8 Å². The van der Waals surface area contributed by atoms with Gasteiger partial charge in [-0.25, -0.2) is 4.57 Å². The molecule has 2 atom stereocenters. The molecule has 2 unspecified atom stereocenters. The van der Waals surface area contributed by atoms with Crippen LogP contribution in [-0.2, 0) is 32.7 Å². The van der Waals surface area contributed by atoms with Gasteiger partial charge in [-0.3, -0.25) is 18.6 Å². The van der Waals surface area contributed by atoms with Gasteiger partial charge in [-0.1, -0.05) is 344 Å². The lowest BCUT2D eigenvalue weighted by atomic mass is 10.0. The molecule has 0 heterocycles. The van der Waals surface area contributed by atoms with Crippen LogP contribution in [0.15, 0.2) is 60.8 Å². The van der Waals surface area contributed by atoms with E-state index in [1.807, 2.05) is 21.1 Å². The van der Waals surface area contributed by atoms with Gasteiger partial charge >= 0.3 is 19.8 Å². The lowest BCUT2D eigenvalue weighted by molar-refractivity contribution is -0.870. The third kappa shape index (κ3) is 72.8. The molecule has 0 saturated carbocycles. The van der Waals surface area contributed by atoms with Gasteiger partial charge in [0.1, 0.15) is 19.8 Å². The number of phosphoric acid groups is 1. The molecule has 0 aliphatic heterocycles. The Labute approximate surface area is 546 Å². The Morgan fingerprint density at radius 2 is 0.648 bits per heavy atom. The number of hydrogen-bond donors (Lipinski definition) is 1. The van der Waals surface area contributed by atoms with Crippen molar-refractivity contribution in [1.29, 1.82) is 0 Å². The fourth-order valence-corrected chi connectivity index (χ4v) is 12.0. The van der Waals surface area contributed by atoms with E-state index in [4.69, 9.17) is 18.5 Å². The van der Waals surface area contributed by atoms with Gasteiger partial charge in [-0.05, 0) is 77.0 Å². The molecular weight excluding hydrogens is 1110 g/mol. The number of esters is 2. The Morgan fingerprint density at radius 3 is 0.977 bits per heavy atom. The number of ether oxygens (including phenoxy) is 2. The Morgan fingerprint density at radius 1 is 0.364 bits per heavy atom. The summed E-state index contributed by atoms with van der Waals surface area (Å²) in [6.45, 7) is 4.38. The van der Waals surface area contributed by atoms with Gasteiger partial charge in [0.15, 0.2) is 6.10 Å². The summed E-state index contributed by atoms with van der Waals surface area (Å²) >= 11 is 0. The van der Waals surface area contributed by atoms with Crippen molar-refractivity contribution in [2.24, 2.45) is 0 Å². The highest BCUT2D eigenvalue weighted by Crippen LogP contribution is 2.43. The third-order valence-corrected chi connectivity index (χ3v) is 18.0. The number of quaternary nitrogens is 1. The number of likely N-dealkylation sites (N-methyl/N-ethyl adjacent to an activating group) is 1. The van der Waals surface area contributed by atoms with Crippen molar-refractivity contribution in [3.63, 3.8) is 0 Å². The summed E-state index contributed by atoms with van der Waals surface area (Å²) in [6, 6.07) is 0. The van der Waals surface area contributed by atoms with E-state index >= 15 is 0 Å². The van der Waals surface area contributed by atoms with Crippen molar-refractivity contribution < 1.29 is 42.1 Å². The second-order valence-corrected chi connectivity index (χ2v) is 28.5. The highest BCUT2D eigenvalue weighted by molar-refractivity contribution is 7.47. The van der Waals surface area contributed by atoms with E-state index in [2.05, 4.69) is 74.6 Å². The monoisotopic (exact) mass is 1260 g/mol. The first-order chi connectivity index (χ1) is 43.0. The highest BCUT2D eigenvalue weighted by atomic mass is 31.2. The van der Waals surface area contributed by atoms with Crippen molar-refractivity contribution >= 4 is 19.8 Å². The molecule has 0 spiro atoms. The number of nitrogens with zero attached hydrogens (tertiary/aromatic N) is 1. The summed E-state index contributed by atoms with van der Waals surface area (Å²) in [6.07, 6.45) is 92.2. The van der Waals surface area contributed by atoms with Crippen molar-refractivity contribution in [2.75, 3.05) is 47.5 Å². The lowest BCUT2D eigenvalue weighted by Crippen LogP contribution is -2.37. The Balaban J connectivity index is 3.90. The van der Waals surface area contributed by atoms with Gasteiger partial charge in [0.25, 0.3) is 0 Å². The summed E-state index contributed by atoms with van der Waals surface area (Å²) in [5, 5.41) is 0. The van der Waals surface area contributed by atoms with Crippen LogP contribution >= 0.6 is 7.82 Å². The molecule has 0 bridgehead atoms. The van der Waals surface area contributed by atoms with E-state index in [1.165, 1.54) is 276 Å².